The van der Waals surface area contributed by atoms with Gasteiger partial charge in [0.05, 0.1) is 32.5 Å². The van der Waals surface area contributed by atoms with E-state index in [1.165, 1.54) is 18.6 Å². The standard InChI is InChI=1S/C13H18N4O5/c18-11(19)6-17-3-4-22-9-13(21,8-17)7-16-12(20)10-5-14-1-2-15-10/h1-2,5,21H,3-4,6-9H2,(H,16,20)(H,18,19)/t13-/m1/s1. The average Bonchev–Trinajstić information content (AvgIpc) is 2.67. The van der Waals surface area contributed by atoms with Crippen LogP contribution < -0.4 is 5.32 Å². The second-order valence-corrected chi connectivity index (χ2v) is 5.15. The van der Waals surface area contributed by atoms with Crippen molar-refractivity contribution in [1.82, 2.24) is 20.2 Å². The van der Waals surface area contributed by atoms with Crippen molar-refractivity contribution in [3.05, 3.63) is 24.3 Å². The number of aliphatic hydroxyl groups is 1. The zero-order valence-electron chi connectivity index (χ0n) is 11.9. The third-order valence-corrected chi connectivity index (χ3v) is 3.17. The van der Waals surface area contributed by atoms with Gasteiger partial charge in [0.15, 0.2) is 0 Å². The fourth-order valence-corrected chi connectivity index (χ4v) is 2.18. The molecule has 9 nitrogen and oxygen atoms in total. The van der Waals surface area contributed by atoms with Gasteiger partial charge in [-0.25, -0.2) is 4.98 Å². The summed E-state index contributed by atoms with van der Waals surface area (Å²) in [4.78, 5) is 31.9. The molecule has 120 valence electrons. The van der Waals surface area contributed by atoms with E-state index in [1.54, 1.807) is 4.90 Å². The molecule has 1 fully saturated rings. The maximum atomic E-state index is 11.9. The van der Waals surface area contributed by atoms with E-state index in [4.69, 9.17) is 9.84 Å². The van der Waals surface area contributed by atoms with Gasteiger partial charge < -0.3 is 20.3 Å². The normalized spacial score (nSPS) is 22.8. The summed E-state index contributed by atoms with van der Waals surface area (Å²) in [6.07, 6.45) is 4.17. The number of carbonyl (C=O) groups excluding carboxylic acids is 1. The number of β-amino-alcohol motifs (C(OH)–C–C–N with tert-alkyl or cyclic N) is 1. The van der Waals surface area contributed by atoms with Crippen LogP contribution in [0, 0.1) is 0 Å². The van der Waals surface area contributed by atoms with Crippen molar-refractivity contribution in [1.29, 1.82) is 0 Å². The first-order chi connectivity index (χ1) is 10.5. The Morgan fingerprint density at radius 1 is 1.45 bits per heavy atom. The molecule has 1 aromatic rings. The van der Waals surface area contributed by atoms with E-state index < -0.39 is 17.5 Å². The third kappa shape index (κ3) is 4.72. The summed E-state index contributed by atoms with van der Waals surface area (Å²) >= 11 is 0. The largest absolute Gasteiger partial charge is 0.480 e. The first-order valence-electron chi connectivity index (χ1n) is 6.77. The lowest BCUT2D eigenvalue weighted by molar-refractivity contribution is -0.138. The van der Waals surface area contributed by atoms with Crippen LogP contribution in [0.2, 0.25) is 0 Å². The van der Waals surface area contributed by atoms with Crippen molar-refractivity contribution in [2.24, 2.45) is 0 Å². The summed E-state index contributed by atoms with van der Waals surface area (Å²) < 4.78 is 5.30. The molecule has 2 rings (SSSR count). The minimum Gasteiger partial charge on any atom is -0.480 e. The molecule has 0 aromatic carbocycles. The second-order valence-electron chi connectivity index (χ2n) is 5.15. The van der Waals surface area contributed by atoms with Gasteiger partial charge in [0, 0.05) is 25.5 Å². The van der Waals surface area contributed by atoms with Gasteiger partial charge in [-0.05, 0) is 0 Å². The molecule has 1 atom stereocenters. The molecular weight excluding hydrogens is 292 g/mol. The quantitative estimate of drug-likeness (QED) is 0.591. The first-order valence-corrected chi connectivity index (χ1v) is 6.77. The van der Waals surface area contributed by atoms with Crippen molar-refractivity contribution in [2.45, 2.75) is 5.60 Å². The van der Waals surface area contributed by atoms with Gasteiger partial charge in [0.2, 0.25) is 0 Å². The molecule has 0 spiro atoms. The van der Waals surface area contributed by atoms with E-state index in [1.807, 2.05) is 0 Å². The highest BCUT2D eigenvalue weighted by molar-refractivity contribution is 5.91. The number of nitrogens with one attached hydrogen (secondary N) is 1. The van der Waals surface area contributed by atoms with E-state index in [9.17, 15) is 14.7 Å². The van der Waals surface area contributed by atoms with Crippen LogP contribution in [0.3, 0.4) is 0 Å². The monoisotopic (exact) mass is 310 g/mol. The lowest BCUT2D eigenvalue weighted by Crippen LogP contribution is -2.53. The Kier molecular flexibility index (Phi) is 5.36. The molecule has 2 heterocycles. The minimum atomic E-state index is -1.36. The van der Waals surface area contributed by atoms with E-state index >= 15 is 0 Å². The Labute approximate surface area is 126 Å². The van der Waals surface area contributed by atoms with Crippen LogP contribution in [-0.4, -0.2) is 82.0 Å². The van der Waals surface area contributed by atoms with Crippen LogP contribution in [0.25, 0.3) is 0 Å². The van der Waals surface area contributed by atoms with Gasteiger partial charge in [-0.3, -0.25) is 19.5 Å². The first kappa shape index (κ1) is 16.3. The number of hydrogen-bond acceptors (Lipinski definition) is 7. The molecular formula is C13H18N4O5. The van der Waals surface area contributed by atoms with Gasteiger partial charge in [-0.1, -0.05) is 0 Å². The highest BCUT2D eigenvalue weighted by atomic mass is 16.5. The van der Waals surface area contributed by atoms with Crippen LogP contribution in [0.15, 0.2) is 18.6 Å². The van der Waals surface area contributed by atoms with Crippen LogP contribution in [0.1, 0.15) is 10.5 Å². The number of carbonyl (C=O) groups is 2. The summed E-state index contributed by atoms with van der Waals surface area (Å²) in [5.74, 6) is -1.44. The molecule has 0 saturated carbocycles. The molecule has 0 bridgehead atoms. The summed E-state index contributed by atoms with van der Waals surface area (Å²) in [6.45, 7) is 0.590. The number of nitrogens with zero attached hydrogens (tertiary/aromatic N) is 3. The number of carboxylic acid groups (broad SMARTS) is 1. The Hall–Kier alpha value is -2.10. The number of hydrogen-bond donors (Lipinski definition) is 3. The zero-order valence-corrected chi connectivity index (χ0v) is 11.9. The zero-order chi connectivity index (χ0) is 16.0. The molecule has 9 heteroatoms. The van der Waals surface area contributed by atoms with Crippen molar-refractivity contribution < 1.29 is 24.5 Å². The number of ether oxygens (including phenoxy) is 1. The van der Waals surface area contributed by atoms with Gasteiger partial charge in [0.1, 0.15) is 11.3 Å². The minimum absolute atomic E-state index is 0.0177. The summed E-state index contributed by atoms with van der Waals surface area (Å²) in [5.41, 5.74) is -1.22. The lowest BCUT2D eigenvalue weighted by atomic mass is 10.0. The van der Waals surface area contributed by atoms with Gasteiger partial charge in [-0.2, -0.15) is 0 Å². The second kappa shape index (κ2) is 7.25. The summed E-state index contributed by atoms with van der Waals surface area (Å²) in [5, 5.41) is 21.9. The van der Waals surface area contributed by atoms with Gasteiger partial charge >= 0.3 is 5.97 Å². The number of aliphatic carboxylic acids is 1. The van der Waals surface area contributed by atoms with Gasteiger partial charge in [0.25, 0.3) is 5.91 Å². The van der Waals surface area contributed by atoms with E-state index in [-0.39, 0.29) is 31.9 Å². The Morgan fingerprint density at radius 3 is 2.95 bits per heavy atom. The van der Waals surface area contributed by atoms with Crippen molar-refractivity contribution in [3.8, 4) is 0 Å². The number of aromatic nitrogens is 2. The van der Waals surface area contributed by atoms with Crippen LogP contribution in [0.4, 0.5) is 0 Å². The predicted molar refractivity (Wildman–Crippen MR) is 74.2 cm³/mol. The highest BCUT2D eigenvalue weighted by Crippen LogP contribution is 2.11. The van der Waals surface area contributed by atoms with Crippen LogP contribution in [0.5, 0.6) is 0 Å². The molecule has 1 aliphatic rings. The average molecular weight is 310 g/mol. The van der Waals surface area contributed by atoms with Crippen LogP contribution >= 0.6 is 0 Å². The Balaban J connectivity index is 1.94. The topological polar surface area (TPSA) is 125 Å². The highest BCUT2D eigenvalue weighted by Gasteiger charge is 2.33. The molecule has 0 unspecified atom stereocenters. The van der Waals surface area contributed by atoms with Crippen molar-refractivity contribution in [2.75, 3.05) is 39.4 Å². The predicted octanol–water partition coefficient (Wildman–Crippen LogP) is -1.65. The molecule has 22 heavy (non-hydrogen) atoms. The Bertz CT molecular complexity index is 526. The third-order valence-electron chi connectivity index (χ3n) is 3.17. The van der Waals surface area contributed by atoms with E-state index in [2.05, 4.69) is 15.3 Å². The lowest BCUT2D eigenvalue weighted by Gasteiger charge is -2.30. The number of amides is 1. The maximum absolute atomic E-state index is 11.9. The molecule has 1 aliphatic heterocycles. The number of rotatable bonds is 5. The van der Waals surface area contributed by atoms with Crippen molar-refractivity contribution >= 4 is 11.9 Å². The van der Waals surface area contributed by atoms with Gasteiger partial charge in [-0.15, -0.1) is 0 Å². The molecule has 1 saturated heterocycles. The smallest absolute Gasteiger partial charge is 0.317 e. The SMILES string of the molecule is O=C(O)CN1CCOC[C@@](O)(CNC(=O)c2cnccn2)C1. The molecule has 0 aliphatic carbocycles. The summed E-state index contributed by atoms with van der Waals surface area (Å²) in [7, 11) is 0. The molecule has 3 N–H and O–H groups in total. The summed E-state index contributed by atoms with van der Waals surface area (Å²) in [6, 6.07) is 0. The van der Waals surface area contributed by atoms with Crippen molar-refractivity contribution in [3.63, 3.8) is 0 Å². The molecule has 1 amide bonds. The van der Waals surface area contributed by atoms with E-state index in [0.717, 1.165) is 0 Å². The molecule has 0 radical (unpaired) electrons. The maximum Gasteiger partial charge on any atom is 0.317 e. The van der Waals surface area contributed by atoms with E-state index in [0.29, 0.717) is 13.2 Å². The fourth-order valence-electron chi connectivity index (χ4n) is 2.18. The van der Waals surface area contributed by atoms with Crippen LogP contribution in [-0.2, 0) is 9.53 Å². The number of carboxylic acids is 1. The fraction of sp³-hybridized carbons (Fsp3) is 0.538. The molecule has 1 aromatic heterocycles. The Morgan fingerprint density at radius 2 is 2.27 bits per heavy atom.